The number of allylic oxidation sites excluding steroid dienone is 3. The Morgan fingerprint density at radius 2 is 2.21 bits per heavy atom. The van der Waals surface area contributed by atoms with Crippen LogP contribution in [-0.4, -0.2) is 55.0 Å². The molecule has 1 aliphatic carbocycles. The zero-order valence-corrected chi connectivity index (χ0v) is 11.0. The van der Waals surface area contributed by atoms with Crippen LogP contribution in [0.2, 0.25) is 0 Å². The Kier molecular flexibility index (Phi) is 3.48. The topological polar surface area (TPSA) is 51.1 Å². The number of hydrogen-bond donors (Lipinski definition) is 0. The van der Waals surface area contributed by atoms with Gasteiger partial charge in [0, 0.05) is 19.2 Å². The van der Waals surface area contributed by atoms with Gasteiger partial charge in [-0.1, -0.05) is 6.92 Å². The number of carbonyl (C=O) groups excluding carboxylic acids is 1. The number of hydrogen-bond acceptors (Lipinski definition) is 5. The van der Waals surface area contributed by atoms with E-state index >= 15 is 0 Å². The molecule has 3 aliphatic rings. The molecular formula is C14H18N2O3. The van der Waals surface area contributed by atoms with Crippen molar-refractivity contribution in [3.05, 3.63) is 24.0 Å². The standard InChI is InChI=1S/C14H18N2O3/c1-2-12(16-5-7-18-8-6-16)14-15-11-4-3-10(17)9-13(11)19-14/h3-4,9,12,14H,2,5-8H2,1H3. The highest BCUT2D eigenvalue weighted by Crippen LogP contribution is 2.26. The molecule has 0 aromatic carbocycles. The summed E-state index contributed by atoms with van der Waals surface area (Å²) in [5.41, 5.74) is 0.788. The van der Waals surface area contributed by atoms with E-state index in [1.54, 1.807) is 6.08 Å². The highest BCUT2D eigenvalue weighted by Gasteiger charge is 2.34. The second kappa shape index (κ2) is 5.27. The first-order valence-electron chi connectivity index (χ1n) is 6.78. The van der Waals surface area contributed by atoms with E-state index in [1.165, 1.54) is 12.2 Å². The van der Waals surface area contributed by atoms with Crippen molar-refractivity contribution in [3.63, 3.8) is 0 Å². The molecule has 5 heteroatoms. The minimum Gasteiger partial charge on any atom is -0.465 e. The maximum Gasteiger partial charge on any atom is 0.205 e. The predicted molar refractivity (Wildman–Crippen MR) is 71.0 cm³/mol. The summed E-state index contributed by atoms with van der Waals surface area (Å²) in [5, 5.41) is 0. The largest absolute Gasteiger partial charge is 0.465 e. The van der Waals surface area contributed by atoms with Crippen LogP contribution in [0.15, 0.2) is 29.0 Å². The van der Waals surface area contributed by atoms with Gasteiger partial charge in [-0.05, 0) is 18.6 Å². The van der Waals surface area contributed by atoms with Crippen molar-refractivity contribution in [1.82, 2.24) is 4.90 Å². The van der Waals surface area contributed by atoms with Gasteiger partial charge < -0.3 is 9.47 Å². The molecule has 0 spiro atoms. The molecule has 2 heterocycles. The number of morpholine rings is 1. The first-order chi connectivity index (χ1) is 9.28. The summed E-state index contributed by atoms with van der Waals surface area (Å²) in [7, 11) is 0. The third-order valence-electron chi connectivity index (χ3n) is 3.71. The van der Waals surface area contributed by atoms with Gasteiger partial charge in [0.2, 0.25) is 6.23 Å². The molecule has 0 radical (unpaired) electrons. The van der Waals surface area contributed by atoms with E-state index < -0.39 is 0 Å². The quantitative estimate of drug-likeness (QED) is 0.710. The van der Waals surface area contributed by atoms with Crippen LogP contribution in [0.25, 0.3) is 0 Å². The Morgan fingerprint density at radius 1 is 1.42 bits per heavy atom. The molecule has 0 aromatic heterocycles. The maximum absolute atomic E-state index is 11.3. The molecule has 1 saturated heterocycles. The van der Waals surface area contributed by atoms with Gasteiger partial charge in [0.05, 0.1) is 19.3 Å². The smallest absolute Gasteiger partial charge is 0.205 e. The van der Waals surface area contributed by atoms with Crippen LogP contribution < -0.4 is 0 Å². The van der Waals surface area contributed by atoms with Gasteiger partial charge >= 0.3 is 0 Å². The van der Waals surface area contributed by atoms with Crippen LogP contribution in [-0.2, 0) is 14.3 Å². The summed E-state index contributed by atoms with van der Waals surface area (Å²) in [6.07, 6.45) is 5.55. The van der Waals surface area contributed by atoms with E-state index in [1.807, 2.05) is 0 Å². The second-order valence-electron chi connectivity index (χ2n) is 4.89. The summed E-state index contributed by atoms with van der Waals surface area (Å²) in [5.74, 6) is 0.582. The Balaban J connectivity index is 1.75. The predicted octanol–water partition coefficient (Wildman–Crippen LogP) is 0.917. The van der Waals surface area contributed by atoms with Crippen molar-refractivity contribution >= 4 is 11.5 Å². The monoisotopic (exact) mass is 262 g/mol. The van der Waals surface area contributed by atoms with Crippen molar-refractivity contribution in [1.29, 1.82) is 0 Å². The summed E-state index contributed by atoms with van der Waals surface area (Å²) < 4.78 is 11.2. The molecule has 0 saturated carbocycles. The van der Waals surface area contributed by atoms with Gasteiger partial charge in [-0.25, -0.2) is 4.99 Å². The number of rotatable bonds is 3. The highest BCUT2D eigenvalue weighted by molar-refractivity contribution is 6.19. The van der Waals surface area contributed by atoms with Gasteiger partial charge in [0.25, 0.3) is 0 Å². The normalized spacial score (nSPS) is 28.5. The molecule has 2 aliphatic heterocycles. The first kappa shape index (κ1) is 12.6. The van der Waals surface area contributed by atoms with Gasteiger partial charge in [-0.15, -0.1) is 0 Å². The molecule has 2 atom stereocenters. The molecule has 0 amide bonds. The van der Waals surface area contributed by atoms with Crippen molar-refractivity contribution in [2.45, 2.75) is 25.6 Å². The van der Waals surface area contributed by atoms with Crippen LogP contribution in [0.4, 0.5) is 0 Å². The van der Waals surface area contributed by atoms with E-state index in [0.29, 0.717) is 5.76 Å². The van der Waals surface area contributed by atoms with Crippen molar-refractivity contribution < 1.29 is 14.3 Å². The molecule has 0 N–H and O–H groups in total. The zero-order valence-electron chi connectivity index (χ0n) is 11.0. The molecular weight excluding hydrogens is 244 g/mol. The van der Waals surface area contributed by atoms with Gasteiger partial charge in [-0.3, -0.25) is 9.69 Å². The molecule has 5 nitrogen and oxygen atoms in total. The number of fused-ring (bicyclic) bond motifs is 1. The van der Waals surface area contributed by atoms with E-state index in [0.717, 1.165) is 38.4 Å². The van der Waals surface area contributed by atoms with E-state index in [9.17, 15) is 4.79 Å². The summed E-state index contributed by atoms with van der Waals surface area (Å²) in [6, 6.07) is 0.242. The van der Waals surface area contributed by atoms with Crippen LogP contribution in [0.3, 0.4) is 0 Å². The fraction of sp³-hybridized carbons (Fsp3) is 0.571. The number of aliphatic imine (C=N–C) groups is 1. The van der Waals surface area contributed by atoms with Crippen LogP contribution in [0, 0.1) is 0 Å². The Labute approximate surface area is 112 Å². The minimum atomic E-state index is -0.208. The molecule has 0 aromatic rings. The third-order valence-corrected chi connectivity index (χ3v) is 3.71. The van der Waals surface area contributed by atoms with E-state index in [-0.39, 0.29) is 18.1 Å². The lowest BCUT2D eigenvalue weighted by atomic mass is 10.1. The summed E-state index contributed by atoms with van der Waals surface area (Å²) in [6.45, 7) is 5.50. The SMILES string of the molecule is CCC(C1N=C2C=CC(=O)C=C2O1)N1CCOCC1. The van der Waals surface area contributed by atoms with E-state index in [2.05, 4.69) is 16.8 Å². The van der Waals surface area contributed by atoms with E-state index in [4.69, 9.17) is 9.47 Å². The number of carbonyl (C=O) groups is 1. The molecule has 2 unspecified atom stereocenters. The van der Waals surface area contributed by atoms with Gasteiger partial charge in [0.1, 0.15) is 5.71 Å². The van der Waals surface area contributed by atoms with Gasteiger partial charge in [-0.2, -0.15) is 0 Å². The maximum atomic E-state index is 11.3. The van der Waals surface area contributed by atoms with Crippen LogP contribution in [0.5, 0.6) is 0 Å². The Morgan fingerprint density at radius 3 is 2.95 bits per heavy atom. The first-order valence-corrected chi connectivity index (χ1v) is 6.78. The molecule has 3 rings (SSSR count). The number of ether oxygens (including phenoxy) is 2. The molecule has 102 valence electrons. The molecule has 0 bridgehead atoms. The number of ketones is 1. The van der Waals surface area contributed by atoms with Crippen molar-refractivity contribution in [2.75, 3.05) is 26.3 Å². The summed E-state index contributed by atoms with van der Waals surface area (Å²) >= 11 is 0. The summed E-state index contributed by atoms with van der Waals surface area (Å²) in [4.78, 5) is 18.3. The Bertz CT molecular complexity index is 461. The zero-order chi connectivity index (χ0) is 13.2. The third kappa shape index (κ3) is 2.48. The molecule has 1 fully saturated rings. The van der Waals surface area contributed by atoms with Gasteiger partial charge in [0.15, 0.2) is 11.5 Å². The fourth-order valence-corrected chi connectivity index (χ4v) is 2.70. The van der Waals surface area contributed by atoms with Crippen LogP contribution in [0.1, 0.15) is 13.3 Å². The lowest BCUT2D eigenvalue weighted by Crippen LogP contribution is -2.48. The average molecular weight is 262 g/mol. The lowest BCUT2D eigenvalue weighted by Gasteiger charge is -2.35. The fourth-order valence-electron chi connectivity index (χ4n) is 2.70. The van der Waals surface area contributed by atoms with Crippen molar-refractivity contribution in [3.8, 4) is 0 Å². The van der Waals surface area contributed by atoms with Crippen molar-refractivity contribution in [2.24, 2.45) is 4.99 Å². The second-order valence-corrected chi connectivity index (χ2v) is 4.89. The number of nitrogens with zero attached hydrogens (tertiary/aromatic N) is 2. The Hall–Kier alpha value is -1.46. The highest BCUT2D eigenvalue weighted by atomic mass is 16.5. The lowest BCUT2D eigenvalue weighted by molar-refractivity contribution is -0.110. The minimum absolute atomic E-state index is 0.0333. The van der Waals surface area contributed by atoms with Crippen LogP contribution >= 0.6 is 0 Å². The molecule has 19 heavy (non-hydrogen) atoms. The average Bonchev–Trinajstić information content (AvgIpc) is 2.83.